The Hall–Kier alpha value is -3.00. The number of hydrogen-bond acceptors (Lipinski definition) is 6. The Bertz CT molecular complexity index is 1040. The van der Waals surface area contributed by atoms with Crippen molar-refractivity contribution in [2.24, 2.45) is 13.0 Å². The van der Waals surface area contributed by atoms with Crippen LogP contribution in [-0.4, -0.2) is 49.9 Å². The lowest BCUT2D eigenvalue weighted by molar-refractivity contribution is 0.0928. The molecule has 2 aliphatic rings. The Morgan fingerprint density at radius 2 is 2.13 bits per heavy atom. The number of carbonyl (C=O) groups is 1. The van der Waals surface area contributed by atoms with Gasteiger partial charge in [0.05, 0.1) is 5.41 Å². The van der Waals surface area contributed by atoms with Gasteiger partial charge in [-0.3, -0.25) is 14.4 Å². The van der Waals surface area contributed by atoms with Gasteiger partial charge in [0.15, 0.2) is 5.82 Å². The van der Waals surface area contributed by atoms with E-state index in [1.807, 2.05) is 20.0 Å². The summed E-state index contributed by atoms with van der Waals surface area (Å²) in [5.41, 5.74) is 1.52. The quantitative estimate of drug-likeness (QED) is 0.698. The molecule has 3 atom stereocenters. The number of likely N-dealkylation sites (tertiary alicyclic amines) is 1. The van der Waals surface area contributed by atoms with Crippen molar-refractivity contribution >= 4 is 5.91 Å². The number of amides is 1. The SMILES string of the molecule is Cc1noc([C@]23C[C@H](NC(=O)c4ccn(C)n4)C[C@H]2CN(Cc2ccccc2)C3)n1. The molecular formula is C22H26N6O2. The van der Waals surface area contributed by atoms with Gasteiger partial charge in [0.25, 0.3) is 5.91 Å². The zero-order valence-corrected chi connectivity index (χ0v) is 17.3. The van der Waals surface area contributed by atoms with Gasteiger partial charge < -0.3 is 9.84 Å². The summed E-state index contributed by atoms with van der Waals surface area (Å²) < 4.78 is 7.32. The molecule has 30 heavy (non-hydrogen) atoms. The Labute approximate surface area is 175 Å². The molecule has 8 heteroatoms. The highest BCUT2D eigenvalue weighted by Gasteiger charge is 2.57. The van der Waals surface area contributed by atoms with E-state index in [-0.39, 0.29) is 17.4 Å². The molecule has 0 spiro atoms. The molecular weight excluding hydrogens is 380 g/mol. The lowest BCUT2D eigenvalue weighted by Gasteiger charge is -2.25. The number of aryl methyl sites for hydroxylation is 2. The number of nitrogens with zero attached hydrogens (tertiary/aromatic N) is 5. The molecule has 3 aromatic rings. The van der Waals surface area contributed by atoms with Gasteiger partial charge in [-0.05, 0) is 37.3 Å². The molecule has 0 bridgehead atoms. The third kappa shape index (κ3) is 3.41. The molecule has 1 aliphatic carbocycles. The normalized spacial score (nSPS) is 26.1. The van der Waals surface area contributed by atoms with Gasteiger partial charge >= 0.3 is 0 Å². The van der Waals surface area contributed by atoms with E-state index < -0.39 is 0 Å². The average molecular weight is 406 g/mol. The number of fused-ring (bicyclic) bond motifs is 1. The highest BCUT2D eigenvalue weighted by Crippen LogP contribution is 2.50. The monoisotopic (exact) mass is 406 g/mol. The molecule has 0 unspecified atom stereocenters. The summed E-state index contributed by atoms with van der Waals surface area (Å²) in [5.74, 6) is 1.59. The van der Waals surface area contributed by atoms with E-state index in [0.29, 0.717) is 23.3 Å². The Kier molecular flexibility index (Phi) is 4.66. The van der Waals surface area contributed by atoms with Gasteiger partial charge in [-0.2, -0.15) is 10.1 Å². The molecule has 1 aliphatic heterocycles. The summed E-state index contributed by atoms with van der Waals surface area (Å²) in [6.45, 7) is 4.55. The number of nitrogens with one attached hydrogen (secondary N) is 1. The molecule has 8 nitrogen and oxygen atoms in total. The van der Waals surface area contributed by atoms with Crippen LogP contribution in [0, 0.1) is 12.8 Å². The first-order chi connectivity index (χ1) is 14.5. The van der Waals surface area contributed by atoms with Crippen LogP contribution >= 0.6 is 0 Å². The molecule has 2 fully saturated rings. The predicted molar refractivity (Wildman–Crippen MR) is 110 cm³/mol. The largest absolute Gasteiger partial charge is 0.348 e. The summed E-state index contributed by atoms with van der Waals surface area (Å²) >= 11 is 0. The Morgan fingerprint density at radius 3 is 2.83 bits per heavy atom. The third-order valence-corrected chi connectivity index (χ3v) is 6.43. The number of hydrogen-bond donors (Lipinski definition) is 1. The van der Waals surface area contributed by atoms with E-state index >= 15 is 0 Å². The standard InChI is InChI=1S/C22H26N6O2/c1-15-23-21(30-26-15)22-11-18(24-20(29)19-8-9-27(2)25-19)10-17(22)13-28(14-22)12-16-6-4-3-5-7-16/h3-9,17-18H,10-14H2,1-2H3,(H,24,29)/t17-,18+,22-/m0/s1. The van der Waals surface area contributed by atoms with Gasteiger partial charge in [-0.25, -0.2) is 0 Å². The van der Waals surface area contributed by atoms with Crippen molar-refractivity contribution in [1.82, 2.24) is 30.1 Å². The van der Waals surface area contributed by atoms with Crippen LogP contribution in [0.1, 0.15) is 40.6 Å². The molecule has 1 saturated heterocycles. The molecule has 2 aromatic heterocycles. The second kappa shape index (κ2) is 7.36. The van der Waals surface area contributed by atoms with Gasteiger partial charge in [0.2, 0.25) is 5.89 Å². The fourth-order valence-electron chi connectivity index (χ4n) is 5.17. The fourth-order valence-corrected chi connectivity index (χ4v) is 5.17. The molecule has 1 aromatic carbocycles. The second-order valence-electron chi connectivity index (χ2n) is 8.64. The maximum atomic E-state index is 12.6. The lowest BCUT2D eigenvalue weighted by atomic mass is 9.80. The van der Waals surface area contributed by atoms with Crippen LogP contribution in [0.2, 0.25) is 0 Å². The first-order valence-electron chi connectivity index (χ1n) is 10.4. The minimum atomic E-state index is -0.224. The van der Waals surface area contributed by atoms with Crippen LogP contribution in [-0.2, 0) is 19.0 Å². The molecule has 0 radical (unpaired) electrons. The van der Waals surface area contributed by atoms with Crippen LogP contribution in [0.4, 0.5) is 0 Å². The zero-order chi connectivity index (χ0) is 20.7. The molecule has 156 valence electrons. The third-order valence-electron chi connectivity index (χ3n) is 6.43. The maximum Gasteiger partial charge on any atom is 0.271 e. The lowest BCUT2D eigenvalue weighted by Crippen LogP contribution is -2.38. The topological polar surface area (TPSA) is 89.1 Å². The summed E-state index contributed by atoms with van der Waals surface area (Å²) in [4.78, 5) is 19.7. The van der Waals surface area contributed by atoms with Crippen molar-refractivity contribution in [2.45, 2.75) is 37.8 Å². The molecule has 1 N–H and O–H groups in total. The summed E-state index contributed by atoms with van der Waals surface area (Å²) in [6.07, 6.45) is 3.47. The van der Waals surface area contributed by atoms with Crippen LogP contribution < -0.4 is 5.32 Å². The van der Waals surface area contributed by atoms with Crippen molar-refractivity contribution in [3.8, 4) is 0 Å². The van der Waals surface area contributed by atoms with E-state index in [0.717, 1.165) is 32.5 Å². The maximum absolute atomic E-state index is 12.6. The number of benzene rings is 1. The minimum absolute atomic E-state index is 0.0654. The summed E-state index contributed by atoms with van der Waals surface area (Å²) in [5, 5.41) is 11.5. The molecule has 5 rings (SSSR count). The van der Waals surface area contributed by atoms with E-state index in [2.05, 4.69) is 49.7 Å². The van der Waals surface area contributed by atoms with Crippen molar-refractivity contribution in [1.29, 1.82) is 0 Å². The van der Waals surface area contributed by atoms with Gasteiger partial charge in [0.1, 0.15) is 5.69 Å². The van der Waals surface area contributed by atoms with Crippen molar-refractivity contribution in [3.63, 3.8) is 0 Å². The zero-order valence-electron chi connectivity index (χ0n) is 17.3. The van der Waals surface area contributed by atoms with Crippen LogP contribution in [0.15, 0.2) is 47.1 Å². The first kappa shape index (κ1) is 19.0. The van der Waals surface area contributed by atoms with E-state index in [1.54, 1.807) is 16.9 Å². The second-order valence-corrected chi connectivity index (χ2v) is 8.64. The number of rotatable bonds is 5. The van der Waals surface area contributed by atoms with Gasteiger partial charge in [-0.1, -0.05) is 35.5 Å². The van der Waals surface area contributed by atoms with E-state index in [9.17, 15) is 4.79 Å². The van der Waals surface area contributed by atoms with Crippen LogP contribution in [0.5, 0.6) is 0 Å². The van der Waals surface area contributed by atoms with Gasteiger partial charge in [-0.15, -0.1) is 0 Å². The molecule has 1 saturated carbocycles. The minimum Gasteiger partial charge on any atom is -0.348 e. The van der Waals surface area contributed by atoms with E-state index in [1.165, 1.54) is 5.56 Å². The number of aromatic nitrogens is 4. The van der Waals surface area contributed by atoms with Crippen LogP contribution in [0.3, 0.4) is 0 Å². The fraction of sp³-hybridized carbons (Fsp3) is 0.455. The Morgan fingerprint density at radius 1 is 1.30 bits per heavy atom. The van der Waals surface area contributed by atoms with Crippen molar-refractivity contribution in [2.75, 3.05) is 13.1 Å². The first-order valence-corrected chi connectivity index (χ1v) is 10.4. The highest BCUT2D eigenvalue weighted by atomic mass is 16.5. The summed E-state index contributed by atoms with van der Waals surface area (Å²) in [7, 11) is 1.81. The summed E-state index contributed by atoms with van der Waals surface area (Å²) in [6, 6.07) is 12.3. The smallest absolute Gasteiger partial charge is 0.271 e. The Balaban J connectivity index is 1.35. The highest BCUT2D eigenvalue weighted by molar-refractivity contribution is 5.92. The van der Waals surface area contributed by atoms with Gasteiger partial charge in [0, 0.05) is 38.9 Å². The molecule has 3 heterocycles. The predicted octanol–water partition coefficient (Wildman–Crippen LogP) is 2.07. The van der Waals surface area contributed by atoms with Crippen molar-refractivity contribution < 1.29 is 9.32 Å². The number of carbonyl (C=O) groups excluding carboxylic acids is 1. The molecule has 1 amide bonds. The van der Waals surface area contributed by atoms with E-state index in [4.69, 9.17) is 4.52 Å². The van der Waals surface area contributed by atoms with Crippen LogP contribution in [0.25, 0.3) is 0 Å². The van der Waals surface area contributed by atoms with Crippen molar-refractivity contribution in [3.05, 3.63) is 65.6 Å². The average Bonchev–Trinajstić information content (AvgIpc) is 3.46.